The summed E-state index contributed by atoms with van der Waals surface area (Å²) in [7, 11) is -1.66. The molecule has 0 fully saturated rings. The summed E-state index contributed by atoms with van der Waals surface area (Å²) in [6.07, 6.45) is 1.16. The molecule has 1 N–H and O–H groups in total. The Bertz CT molecular complexity index is 714. The first-order valence-electron chi connectivity index (χ1n) is 6.42. The highest BCUT2D eigenvalue weighted by Gasteiger charge is 2.25. The monoisotopic (exact) mass is 306 g/mol. The molecule has 0 radical (unpaired) electrons. The second kappa shape index (κ2) is 5.50. The van der Waals surface area contributed by atoms with Crippen LogP contribution in [0.2, 0.25) is 0 Å². The van der Waals surface area contributed by atoms with E-state index in [1.165, 1.54) is 12.1 Å². The van der Waals surface area contributed by atoms with Crippen molar-refractivity contribution in [1.82, 2.24) is 0 Å². The minimum Gasteiger partial charge on any atom is -0.497 e. The molecule has 21 heavy (non-hydrogen) atoms. The van der Waals surface area contributed by atoms with E-state index in [-0.39, 0.29) is 4.90 Å². The summed E-state index contributed by atoms with van der Waals surface area (Å²) in [5.41, 5.74) is 0.123. The van der Waals surface area contributed by atoms with Crippen molar-refractivity contribution in [1.29, 1.82) is 0 Å². The average molecular weight is 306 g/mol. The molecule has 2 aromatic rings. The van der Waals surface area contributed by atoms with Crippen molar-refractivity contribution in [2.45, 2.75) is 17.4 Å². The molecule has 1 atom stereocenters. The predicted octanol–water partition coefficient (Wildman–Crippen LogP) is 2.35. The van der Waals surface area contributed by atoms with Crippen molar-refractivity contribution < 1.29 is 18.3 Å². The largest absolute Gasteiger partial charge is 0.497 e. The predicted molar refractivity (Wildman–Crippen MR) is 81.2 cm³/mol. The van der Waals surface area contributed by atoms with Gasteiger partial charge in [-0.25, -0.2) is 8.42 Å². The molecule has 2 rings (SSSR count). The molecule has 0 amide bonds. The highest BCUT2D eigenvalue weighted by atomic mass is 32.2. The first-order valence-corrected chi connectivity index (χ1v) is 8.32. The first kappa shape index (κ1) is 15.5. The van der Waals surface area contributed by atoms with Crippen LogP contribution in [-0.2, 0) is 15.4 Å². The lowest BCUT2D eigenvalue weighted by atomic mass is 9.88. The number of rotatable bonds is 4. The molecule has 0 bridgehead atoms. The second-order valence-corrected chi connectivity index (χ2v) is 7.11. The zero-order chi connectivity index (χ0) is 15.7. The number of hydrogen-bond donors (Lipinski definition) is 1. The molecule has 0 aliphatic rings. The van der Waals surface area contributed by atoms with Gasteiger partial charge in [-0.05, 0) is 42.3 Å². The van der Waals surface area contributed by atoms with Crippen molar-refractivity contribution in [2.24, 2.45) is 0 Å². The van der Waals surface area contributed by atoms with E-state index >= 15 is 0 Å². The third-order valence-corrected chi connectivity index (χ3v) is 4.63. The van der Waals surface area contributed by atoms with E-state index < -0.39 is 15.4 Å². The van der Waals surface area contributed by atoms with Crippen molar-refractivity contribution in [3.8, 4) is 5.75 Å². The van der Waals surface area contributed by atoms with Gasteiger partial charge < -0.3 is 9.84 Å². The number of hydrogen-bond acceptors (Lipinski definition) is 4. The van der Waals surface area contributed by atoms with E-state index in [1.807, 2.05) is 0 Å². The summed E-state index contributed by atoms with van der Waals surface area (Å²) in [6, 6.07) is 13.4. The van der Waals surface area contributed by atoms with E-state index in [9.17, 15) is 13.5 Å². The molecule has 0 aliphatic carbocycles. The third kappa shape index (κ3) is 3.25. The molecule has 5 heteroatoms. The van der Waals surface area contributed by atoms with Crippen LogP contribution in [0.4, 0.5) is 0 Å². The third-order valence-electron chi connectivity index (χ3n) is 3.50. The molecule has 2 aromatic carbocycles. The molecule has 0 aliphatic heterocycles. The smallest absolute Gasteiger partial charge is 0.175 e. The fraction of sp³-hybridized carbons (Fsp3) is 0.250. The van der Waals surface area contributed by atoms with Gasteiger partial charge in [-0.1, -0.05) is 24.3 Å². The molecular formula is C16H18O4S. The lowest BCUT2D eigenvalue weighted by Crippen LogP contribution is -2.22. The molecular weight excluding hydrogens is 288 g/mol. The van der Waals surface area contributed by atoms with Gasteiger partial charge in [0.1, 0.15) is 11.4 Å². The lowest BCUT2D eigenvalue weighted by Gasteiger charge is -2.25. The molecule has 112 valence electrons. The topological polar surface area (TPSA) is 63.6 Å². The Kier molecular flexibility index (Phi) is 4.07. The van der Waals surface area contributed by atoms with Gasteiger partial charge in [0.15, 0.2) is 9.84 Å². The van der Waals surface area contributed by atoms with Gasteiger partial charge in [0.05, 0.1) is 12.0 Å². The Balaban J connectivity index is 2.38. The van der Waals surface area contributed by atoms with Crippen molar-refractivity contribution in [3.05, 3.63) is 59.7 Å². The Morgan fingerprint density at radius 3 is 1.76 bits per heavy atom. The zero-order valence-corrected chi connectivity index (χ0v) is 13.0. The summed E-state index contributed by atoms with van der Waals surface area (Å²) in [6.45, 7) is 1.67. The Labute approximate surface area is 124 Å². The van der Waals surface area contributed by atoms with E-state index in [4.69, 9.17) is 4.74 Å². The molecule has 0 spiro atoms. The summed E-state index contributed by atoms with van der Waals surface area (Å²) in [5.74, 6) is 0.710. The maximum absolute atomic E-state index is 11.5. The summed E-state index contributed by atoms with van der Waals surface area (Å²) >= 11 is 0. The minimum atomic E-state index is -3.24. The van der Waals surface area contributed by atoms with Gasteiger partial charge in [-0.15, -0.1) is 0 Å². The number of aliphatic hydroxyl groups is 1. The van der Waals surface area contributed by atoms with E-state index in [2.05, 4.69) is 0 Å². The molecule has 0 unspecified atom stereocenters. The normalized spacial score (nSPS) is 14.5. The highest BCUT2D eigenvalue weighted by Crippen LogP contribution is 2.30. The van der Waals surface area contributed by atoms with Crippen LogP contribution >= 0.6 is 0 Å². The van der Waals surface area contributed by atoms with Crippen LogP contribution in [0.15, 0.2) is 53.4 Å². The van der Waals surface area contributed by atoms with Gasteiger partial charge in [-0.2, -0.15) is 0 Å². The number of methoxy groups -OCH3 is 1. The maximum atomic E-state index is 11.5. The maximum Gasteiger partial charge on any atom is 0.175 e. The van der Waals surface area contributed by atoms with Crippen molar-refractivity contribution in [2.75, 3.05) is 13.4 Å². The van der Waals surface area contributed by atoms with Gasteiger partial charge in [0.2, 0.25) is 0 Å². The molecule has 0 saturated heterocycles. The molecule has 0 heterocycles. The zero-order valence-electron chi connectivity index (χ0n) is 12.2. The van der Waals surface area contributed by atoms with Crippen LogP contribution in [0.1, 0.15) is 18.1 Å². The van der Waals surface area contributed by atoms with Gasteiger partial charge in [0, 0.05) is 6.26 Å². The summed E-state index contributed by atoms with van der Waals surface area (Å²) in [5, 5.41) is 10.7. The fourth-order valence-electron chi connectivity index (χ4n) is 2.11. The highest BCUT2D eigenvalue weighted by molar-refractivity contribution is 7.90. The summed E-state index contributed by atoms with van der Waals surface area (Å²) < 4.78 is 28.0. The lowest BCUT2D eigenvalue weighted by molar-refractivity contribution is 0.102. The van der Waals surface area contributed by atoms with Gasteiger partial charge in [-0.3, -0.25) is 0 Å². The van der Waals surface area contributed by atoms with Crippen molar-refractivity contribution >= 4 is 9.84 Å². The SMILES string of the molecule is COc1ccc([C@](C)(O)c2ccc(S(C)(=O)=O)cc2)cc1. The van der Waals surface area contributed by atoms with Gasteiger partial charge >= 0.3 is 0 Å². The molecule has 4 nitrogen and oxygen atoms in total. The van der Waals surface area contributed by atoms with Crippen LogP contribution in [0.25, 0.3) is 0 Å². The van der Waals surface area contributed by atoms with Crippen LogP contribution in [-0.4, -0.2) is 26.9 Å². The minimum absolute atomic E-state index is 0.233. The number of ether oxygens (including phenoxy) is 1. The average Bonchev–Trinajstić information content (AvgIpc) is 2.46. The number of benzene rings is 2. The summed E-state index contributed by atoms with van der Waals surface area (Å²) in [4.78, 5) is 0.233. The van der Waals surface area contributed by atoms with Gasteiger partial charge in [0.25, 0.3) is 0 Å². The van der Waals surface area contributed by atoms with E-state index in [0.717, 1.165) is 6.26 Å². The van der Waals surface area contributed by atoms with Crippen LogP contribution in [0.5, 0.6) is 5.75 Å². The first-order chi connectivity index (χ1) is 9.75. The molecule has 0 aromatic heterocycles. The van der Waals surface area contributed by atoms with E-state index in [0.29, 0.717) is 16.9 Å². The van der Waals surface area contributed by atoms with Crippen LogP contribution in [0, 0.1) is 0 Å². The number of sulfone groups is 1. The molecule has 0 saturated carbocycles. The fourth-order valence-corrected chi connectivity index (χ4v) is 2.74. The standard InChI is InChI=1S/C16H18O4S/c1-16(17,12-4-8-14(20-2)9-5-12)13-6-10-15(11-7-13)21(3,18)19/h4-11,17H,1-3H3/t16-/m0/s1. The Morgan fingerprint density at radius 1 is 0.952 bits per heavy atom. The van der Waals surface area contributed by atoms with E-state index in [1.54, 1.807) is 50.4 Å². The Morgan fingerprint density at radius 2 is 1.38 bits per heavy atom. The quantitative estimate of drug-likeness (QED) is 0.942. The Hall–Kier alpha value is -1.85. The van der Waals surface area contributed by atoms with Crippen LogP contribution < -0.4 is 4.74 Å². The van der Waals surface area contributed by atoms with Crippen molar-refractivity contribution in [3.63, 3.8) is 0 Å². The van der Waals surface area contributed by atoms with Crippen LogP contribution in [0.3, 0.4) is 0 Å². The second-order valence-electron chi connectivity index (χ2n) is 5.10.